The molecule has 3 atom stereocenters. The number of phenolic OH excluding ortho intramolecular Hbond substituents is 1. The molecule has 1 heterocycles. The van der Waals surface area contributed by atoms with Gasteiger partial charge in [0.05, 0.1) is 0 Å². The van der Waals surface area contributed by atoms with Crippen LogP contribution < -0.4 is 0 Å². The number of nitrogens with zero attached hydrogens (tertiary/aromatic N) is 2. The SMILES string of the molecule is CC(=O)OC12CCC(N(C)C(=O)c3ccc4ccccc4c3)CC1(c1cccc(O)c1)CCN(C)C2. The zero-order valence-electron chi connectivity index (χ0n) is 21.2. The van der Waals surface area contributed by atoms with Crippen molar-refractivity contribution in [2.75, 3.05) is 27.2 Å². The standard InChI is InChI=1S/C30H34N2O4/c1-21(33)36-30-14-13-26(32(3)28(35)24-12-11-22-7-4-5-8-23(22)17-24)19-29(30,15-16-31(2)20-30)25-9-6-10-27(34)18-25/h4-12,17-18,26,34H,13-16,19-20H2,1-3H3. The fraction of sp³-hybridized carbons (Fsp3) is 0.400. The number of likely N-dealkylation sites (tertiary alicyclic amines) is 1. The average molecular weight is 487 g/mol. The van der Waals surface area contributed by atoms with Crippen LogP contribution >= 0.6 is 0 Å². The van der Waals surface area contributed by atoms with E-state index < -0.39 is 11.0 Å². The molecule has 1 aliphatic carbocycles. The first-order valence-corrected chi connectivity index (χ1v) is 12.7. The number of amides is 1. The molecule has 0 radical (unpaired) electrons. The summed E-state index contributed by atoms with van der Waals surface area (Å²) < 4.78 is 6.21. The molecule has 3 aromatic rings. The third kappa shape index (κ3) is 4.13. The van der Waals surface area contributed by atoms with E-state index in [1.807, 2.05) is 66.5 Å². The molecule has 36 heavy (non-hydrogen) atoms. The van der Waals surface area contributed by atoms with Crippen LogP contribution in [0.25, 0.3) is 10.8 Å². The predicted octanol–water partition coefficient (Wildman–Crippen LogP) is 4.75. The highest BCUT2D eigenvalue weighted by molar-refractivity contribution is 5.98. The number of hydrogen-bond acceptors (Lipinski definition) is 5. The summed E-state index contributed by atoms with van der Waals surface area (Å²) in [6, 6.07) is 21.2. The van der Waals surface area contributed by atoms with Crippen molar-refractivity contribution < 1.29 is 19.4 Å². The van der Waals surface area contributed by atoms with E-state index >= 15 is 0 Å². The number of carbonyl (C=O) groups excluding carboxylic acids is 2. The molecule has 188 valence electrons. The van der Waals surface area contributed by atoms with Gasteiger partial charge in [-0.15, -0.1) is 0 Å². The first-order valence-electron chi connectivity index (χ1n) is 12.7. The highest BCUT2D eigenvalue weighted by Gasteiger charge is 2.61. The highest BCUT2D eigenvalue weighted by atomic mass is 16.6. The van der Waals surface area contributed by atoms with E-state index in [9.17, 15) is 14.7 Å². The largest absolute Gasteiger partial charge is 0.508 e. The molecule has 6 heteroatoms. The zero-order chi connectivity index (χ0) is 25.5. The second-order valence-corrected chi connectivity index (χ2v) is 10.6. The number of fused-ring (bicyclic) bond motifs is 2. The van der Waals surface area contributed by atoms with Gasteiger partial charge in [0.25, 0.3) is 5.91 Å². The van der Waals surface area contributed by atoms with Gasteiger partial charge in [0, 0.05) is 37.5 Å². The minimum absolute atomic E-state index is 0.00951. The van der Waals surface area contributed by atoms with Crippen molar-refractivity contribution in [3.05, 3.63) is 77.9 Å². The first-order chi connectivity index (χ1) is 17.2. The van der Waals surface area contributed by atoms with Gasteiger partial charge >= 0.3 is 5.97 Å². The van der Waals surface area contributed by atoms with Gasteiger partial charge in [-0.05, 0) is 79.9 Å². The van der Waals surface area contributed by atoms with Crippen molar-refractivity contribution in [3.8, 4) is 5.75 Å². The van der Waals surface area contributed by atoms with Gasteiger partial charge in [-0.1, -0.05) is 42.5 Å². The third-order valence-corrected chi connectivity index (χ3v) is 8.39. The summed E-state index contributed by atoms with van der Waals surface area (Å²) in [5, 5.41) is 12.5. The van der Waals surface area contributed by atoms with Crippen molar-refractivity contribution in [1.29, 1.82) is 0 Å². The molecule has 5 rings (SSSR count). The lowest BCUT2D eigenvalue weighted by atomic mass is 9.55. The number of piperidine rings is 1. The Morgan fingerprint density at radius 2 is 1.81 bits per heavy atom. The number of phenols is 1. The van der Waals surface area contributed by atoms with Gasteiger partial charge in [-0.3, -0.25) is 9.59 Å². The Kier molecular flexibility index (Phi) is 6.25. The van der Waals surface area contributed by atoms with Crippen LogP contribution in [0.5, 0.6) is 5.75 Å². The van der Waals surface area contributed by atoms with Crippen LogP contribution in [0.4, 0.5) is 0 Å². The fourth-order valence-electron chi connectivity index (χ4n) is 6.59. The molecule has 3 unspecified atom stereocenters. The number of benzene rings is 3. The number of aromatic hydroxyl groups is 1. The van der Waals surface area contributed by atoms with Gasteiger partial charge in [0.2, 0.25) is 0 Å². The monoisotopic (exact) mass is 486 g/mol. The van der Waals surface area contributed by atoms with Gasteiger partial charge in [0.15, 0.2) is 0 Å². The second kappa shape index (κ2) is 9.25. The van der Waals surface area contributed by atoms with E-state index in [0.717, 1.165) is 35.7 Å². The van der Waals surface area contributed by atoms with Crippen LogP contribution in [0, 0.1) is 0 Å². The second-order valence-electron chi connectivity index (χ2n) is 10.6. The van der Waals surface area contributed by atoms with Crippen LogP contribution in [0.2, 0.25) is 0 Å². The van der Waals surface area contributed by atoms with E-state index in [4.69, 9.17) is 4.74 Å². The Morgan fingerprint density at radius 3 is 2.56 bits per heavy atom. The lowest BCUT2D eigenvalue weighted by Gasteiger charge is -2.59. The van der Waals surface area contributed by atoms with Crippen molar-refractivity contribution in [2.24, 2.45) is 0 Å². The molecule has 0 bridgehead atoms. The number of ether oxygens (including phenoxy) is 1. The minimum atomic E-state index is -0.719. The molecule has 3 aromatic carbocycles. The molecule has 0 spiro atoms. The molecule has 0 aromatic heterocycles. The molecule has 1 amide bonds. The van der Waals surface area contributed by atoms with E-state index in [2.05, 4.69) is 11.9 Å². The fourth-order valence-corrected chi connectivity index (χ4v) is 6.59. The van der Waals surface area contributed by atoms with Gasteiger partial charge < -0.3 is 19.6 Å². The topological polar surface area (TPSA) is 70.1 Å². The predicted molar refractivity (Wildman–Crippen MR) is 140 cm³/mol. The van der Waals surface area contributed by atoms with Crippen LogP contribution in [-0.2, 0) is 14.9 Å². The zero-order valence-corrected chi connectivity index (χ0v) is 21.2. The Labute approximate surface area is 212 Å². The Morgan fingerprint density at radius 1 is 1.03 bits per heavy atom. The lowest BCUT2D eigenvalue weighted by molar-refractivity contribution is -0.187. The normalized spacial score (nSPS) is 26.2. The molecule has 1 saturated heterocycles. The number of esters is 1. The molecule has 2 fully saturated rings. The third-order valence-electron chi connectivity index (χ3n) is 8.39. The molecule has 1 saturated carbocycles. The van der Waals surface area contributed by atoms with Crippen molar-refractivity contribution in [3.63, 3.8) is 0 Å². The van der Waals surface area contributed by atoms with Crippen LogP contribution in [0.15, 0.2) is 66.7 Å². The summed E-state index contributed by atoms with van der Waals surface area (Å²) in [7, 11) is 3.94. The number of rotatable bonds is 4. The summed E-state index contributed by atoms with van der Waals surface area (Å²) in [4.78, 5) is 30.1. The van der Waals surface area contributed by atoms with Crippen molar-refractivity contribution in [1.82, 2.24) is 9.80 Å². The Balaban J connectivity index is 1.52. The number of likely N-dealkylation sites (N-methyl/N-ethyl adjacent to an activating group) is 1. The summed E-state index contributed by atoms with van der Waals surface area (Å²) in [5.41, 5.74) is 0.407. The summed E-state index contributed by atoms with van der Waals surface area (Å²) in [6.07, 6.45) is 2.81. The maximum Gasteiger partial charge on any atom is 0.303 e. The highest BCUT2D eigenvalue weighted by Crippen LogP contribution is 2.54. The minimum Gasteiger partial charge on any atom is -0.508 e. The van der Waals surface area contributed by atoms with Crippen LogP contribution in [-0.4, -0.2) is 65.6 Å². The molecular formula is C30H34N2O4. The Bertz CT molecular complexity index is 1310. The summed E-state index contributed by atoms with van der Waals surface area (Å²) >= 11 is 0. The van der Waals surface area contributed by atoms with Crippen molar-refractivity contribution >= 4 is 22.6 Å². The number of hydrogen-bond donors (Lipinski definition) is 1. The Hall–Kier alpha value is -3.38. The van der Waals surface area contributed by atoms with E-state index in [0.29, 0.717) is 24.9 Å². The van der Waals surface area contributed by atoms with Gasteiger partial charge in [0.1, 0.15) is 11.4 Å². The van der Waals surface area contributed by atoms with Crippen LogP contribution in [0.1, 0.15) is 48.5 Å². The molecule has 1 aliphatic heterocycles. The number of carbonyl (C=O) groups is 2. The maximum atomic E-state index is 13.6. The smallest absolute Gasteiger partial charge is 0.303 e. The molecular weight excluding hydrogens is 452 g/mol. The lowest BCUT2D eigenvalue weighted by Crippen LogP contribution is -2.68. The average Bonchev–Trinajstić information content (AvgIpc) is 2.86. The van der Waals surface area contributed by atoms with E-state index in [1.54, 1.807) is 12.1 Å². The molecule has 2 aliphatic rings. The van der Waals surface area contributed by atoms with Crippen molar-refractivity contribution in [2.45, 2.75) is 49.7 Å². The summed E-state index contributed by atoms with van der Waals surface area (Å²) in [6.45, 7) is 2.93. The quantitative estimate of drug-likeness (QED) is 0.539. The maximum absolute atomic E-state index is 13.6. The van der Waals surface area contributed by atoms with Gasteiger partial charge in [-0.2, -0.15) is 0 Å². The van der Waals surface area contributed by atoms with Gasteiger partial charge in [-0.25, -0.2) is 0 Å². The van der Waals surface area contributed by atoms with E-state index in [1.165, 1.54) is 6.92 Å². The molecule has 1 N–H and O–H groups in total. The first kappa shape index (κ1) is 24.3. The molecule has 6 nitrogen and oxygen atoms in total. The van der Waals surface area contributed by atoms with E-state index in [-0.39, 0.29) is 23.7 Å². The van der Waals surface area contributed by atoms with Crippen LogP contribution in [0.3, 0.4) is 0 Å². The summed E-state index contributed by atoms with van der Waals surface area (Å²) in [5.74, 6) is -0.112.